The molecular weight excluding hydrogens is 284 g/mol. The lowest BCUT2D eigenvalue weighted by Crippen LogP contribution is -2.13. The third-order valence-electron chi connectivity index (χ3n) is 3.20. The first-order valence-electron chi connectivity index (χ1n) is 7.16. The predicted molar refractivity (Wildman–Crippen MR) is 87.3 cm³/mol. The Balaban J connectivity index is 2.13. The van der Waals surface area contributed by atoms with E-state index in [1.165, 1.54) is 17.7 Å². The smallest absolute Gasteiger partial charge is 0.129 e. The minimum absolute atomic E-state index is 0.809. The molecule has 0 bridgehead atoms. The van der Waals surface area contributed by atoms with Crippen molar-refractivity contribution < 1.29 is 9.47 Å². The Hall–Kier alpha value is -1.59. The van der Waals surface area contributed by atoms with Gasteiger partial charge in [-0.15, -0.1) is 11.3 Å². The molecule has 1 aromatic carbocycles. The van der Waals surface area contributed by atoms with E-state index in [9.17, 15) is 0 Å². The molecule has 1 aromatic heterocycles. The number of benzene rings is 1. The van der Waals surface area contributed by atoms with Crippen LogP contribution < -0.4 is 14.8 Å². The minimum Gasteiger partial charge on any atom is -0.497 e. The van der Waals surface area contributed by atoms with Gasteiger partial charge in [0.1, 0.15) is 16.5 Å². The molecule has 114 valence electrons. The normalized spacial score (nSPS) is 10.6. The van der Waals surface area contributed by atoms with E-state index < -0.39 is 0 Å². The summed E-state index contributed by atoms with van der Waals surface area (Å²) in [6, 6.07) is 5.77. The molecule has 1 N–H and O–H groups in total. The van der Waals surface area contributed by atoms with Gasteiger partial charge in [0.05, 0.1) is 19.8 Å². The molecular formula is C16H22N2O2S. The number of rotatable bonds is 8. The van der Waals surface area contributed by atoms with Crippen molar-refractivity contribution in [2.75, 3.05) is 20.8 Å². The molecule has 0 atom stereocenters. The molecule has 0 aliphatic carbocycles. The maximum absolute atomic E-state index is 5.42. The van der Waals surface area contributed by atoms with Crippen LogP contribution in [0.15, 0.2) is 24.4 Å². The van der Waals surface area contributed by atoms with Crippen LogP contribution in [0.25, 0.3) is 10.6 Å². The van der Waals surface area contributed by atoms with Crippen molar-refractivity contribution in [3.63, 3.8) is 0 Å². The highest BCUT2D eigenvalue weighted by molar-refractivity contribution is 7.15. The van der Waals surface area contributed by atoms with Gasteiger partial charge in [0.25, 0.3) is 0 Å². The second-order valence-corrected chi connectivity index (χ2v) is 5.84. The maximum Gasteiger partial charge on any atom is 0.129 e. The molecule has 0 amide bonds. The summed E-state index contributed by atoms with van der Waals surface area (Å²) in [6.45, 7) is 4.11. The SMILES string of the molecule is CCCCNCc1cnc(-c2cc(OC)ccc2OC)s1. The summed E-state index contributed by atoms with van der Waals surface area (Å²) in [5, 5.41) is 4.39. The quantitative estimate of drug-likeness (QED) is 0.755. The second-order valence-electron chi connectivity index (χ2n) is 4.73. The van der Waals surface area contributed by atoms with Crippen LogP contribution >= 0.6 is 11.3 Å². The van der Waals surface area contributed by atoms with Crippen LogP contribution in [0.5, 0.6) is 11.5 Å². The van der Waals surface area contributed by atoms with Gasteiger partial charge in [0.15, 0.2) is 0 Å². The van der Waals surface area contributed by atoms with E-state index in [-0.39, 0.29) is 0 Å². The average Bonchev–Trinajstić information content (AvgIpc) is 2.99. The largest absolute Gasteiger partial charge is 0.497 e. The minimum atomic E-state index is 0.809. The zero-order valence-corrected chi connectivity index (χ0v) is 13.6. The van der Waals surface area contributed by atoms with Crippen molar-refractivity contribution in [3.8, 4) is 22.1 Å². The first-order valence-corrected chi connectivity index (χ1v) is 7.98. The van der Waals surface area contributed by atoms with Gasteiger partial charge < -0.3 is 14.8 Å². The van der Waals surface area contributed by atoms with Crippen molar-refractivity contribution in [2.45, 2.75) is 26.3 Å². The number of methoxy groups -OCH3 is 2. The Bertz CT molecular complexity index is 569. The summed E-state index contributed by atoms with van der Waals surface area (Å²) in [5.74, 6) is 1.62. The molecule has 0 aliphatic rings. The molecule has 2 aromatic rings. The number of hydrogen-bond acceptors (Lipinski definition) is 5. The van der Waals surface area contributed by atoms with E-state index in [0.29, 0.717) is 0 Å². The summed E-state index contributed by atoms with van der Waals surface area (Å²) in [4.78, 5) is 5.74. The van der Waals surface area contributed by atoms with Crippen molar-refractivity contribution in [2.24, 2.45) is 0 Å². The fraction of sp³-hybridized carbons (Fsp3) is 0.438. The van der Waals surface area contributed by atoms with Gasteiger partial charge in [-0.25, -0.2) is 4.98 Å². The van der Waals surface area contributed by atoms with Crippen LogP contribution in [-0.4, -0.2) is 25.7 Å². The third kappa shape index (κ3) is 4.19. The zero-order chi connectivity index (χ0) is 15.1. The van der Waals surface area contributed by atoms with Gasteiger partial charge >= 0.3 is 0 Å². The number of thiazole rings is 1. The number of nitrogens with one attached hydrogen (secondary N) is 1. The molecule has 0 saturated carbocycles. The highest BCUT2D eigenvalue weighted by atomic mass is 32.1. The second kappa shape index (κ2) is 8.00. The van der Waals surface area contributed by atoms with Gasteiger partial charge in [-0.3, -0.25) is 0 Å². The lowest BCUT2D eigenvalue weighted by Gasteiger charge is -2.08. The molecule has 0 radical (unpaired) electrons. The van der Waals surface area contributed by atoms with Crippen LogP contribution in [-0.2, 0) is 6.54 Å². The molecule has 4 nitrogen and oxygen atoms in total. The highest BCUT2D eigenvalue weighted by Gasteiger charge is 2.11. The molecule has 5 heteroatoms. The van der Waals surface area contributed by atoms with Gasteiger partial charge in [0.2, 0.25) is 0 Å². The number of ether oxygens (including phenoxy) is 2. The van der Waals surface area contributed by atoms with E-state index in [4.69, 9.17) is 9.47 Å². The Morgan fingerprint density at radius 3 is 2.81 bits per heavy atom. The first kappa shape index (κ1) is 15.8. The summed E-state index contributed by atoms with van der Waals surface area (Å²) in [7, 11) is 3.34. The Labute approximate surface area is 130 Å². The fourth-order valence-electron chi connectivity index (χ4n) is 2.01. The summed E-state index contributed by atoms with van der Waals surface area (Å²) < 4.78 is 10.7. The zero-order valence-electron chi connectivity index (χ0n) is 12.8. The van der Waals surface area contributed by atoms with Gasteiger partial charge in [-0.2, -0.15) is 0 Å². The Kier molecular flexibility index (Phi) is 6.02. The van der Waals surface area contributed by atoms with Gasteiger partial charge in [0, 0.05) is 17.6 Å². The van der Waals surface area contributed by atoms with Crippen molar-refractivity contribution in [1.82, 2.24) is 10.3 Å². The molecule has 2 rings (SSSR count). The van der Waals surface area contributed by atoms with E-state index in [1.807, 2.05) is 24.4 Å². The fourth-order valence-corrected chi connectivity index (χ4v) is 2.91. The van der Waals surface area contributed by atoms with E-state index in [2.05, 4.69) is 17.2 Å². The molecule has 0 unspecified atom stereocenters. The first-order chi connectivity index (χ1) is 10.3. The number of hydrogen-bond donors (Lipinski definition) is 1. The lowest BCUT2D eigenvalue weighted by atomic mass is 10.2. The Morgan fingerprint density at radius 2 is 2.10 bits per heavy atom. The molecule has 0 saturated heterocycles. The van der Waals surface area contributed by atoms with Crippen molar-refractivity contribution in [1.29, 1.82) is 0 Å². The molecule has 0 aliphatic heterocycles. The van der Waals surface area contributed by atoms with Gasteiger partial charge in [-0.1, -0.05) is 13.3 Å². The number of nitrogens with zero attached hydrogens (tertiary/aromatic N) is 1. The van der Waals surface area contributed by atoms with Crippen LogP contribution in [0.2, 0.25) is 0 Å². The van der Waals surface area contributed by atoms with Gasteiger partial charge in [-0.05, 0) is 31.2 Å². The Morgan fingerprint density at radius 1 is 1.24 bits per heavy atom. The number of aromatic nitrogens is 1. The van der Waals surface area contributed by atoms with Crippen LogP contribution in [0.3, 0.4) is 0 Å². The van der Waals surface area contributed by atoms with Crippen molar-refractivity contribution in [3.05, 3.63) is 29.3 Å². The van der Waals surface area contributed by atoms with Crippen molar-refractivity contribution >= 4 is 11.3 Å². The lowest BCUT2D eigenvalue weighted by molar-refractivity contribution is 0.404. The molecule has 0 fully saturated rings. The standard InChI is InChI=1S/C16H22N2O2S/c1-4-5-8-17-10-13-11-18-16(21-13)14-9-12(19-2)6-7-15(14)20-3/h6-7,9,11,17H,4-5,8,10H2,1-3H3. The highest BCUT2D eigenvalue weighted by Crippen LogP contribution is 2.35. The van der Waals surface area contributed by atoms with Crippen LogP contribution in [0.1, 0.15) is 24.6 Å². The summed E-state index contributed by atoms with van der Waals surface area (Å²) in [6.07, 6.45) is 4.34. The predicted octanol–water partition coefficient (Wildman–Crippen LogP) is 3.72. The van der Waals surface area contributed by atoms with Crippen LogP contribution in [0, 0.1) is 0 Å². The van der Waals surface area contributed by atoms with Crippen LogP contribution in [0.4, 0.5) is 0 Å². The summed E-state index contributed by atoms with van der Waals surface area (Å²) >= 11 is 1.68. The van der Waals surface area contributed by atoms with E-state index in [1.54, 1.807) is 25.6 Å². The topological polar surface area (TPSA) is 43.4 Å². The third-order valence-corrected chi connectivity index (χ3v) is 4.23. The average molecular weight is 306 g/mol. The maximum atomic E-state index is 5.42. The molecule has 21 heavy (non-hydrogen) atoms. The molecule has 1 heterocycles. The molecule has 0 spiro atoms. The van der Waals surface area contributed by atoms with E-state index >= 15 is 0 Å². The number of unbranched alkanes of at least 4 members (excludes halogenated alkanes) is 1. The summed E-state index contributed by atoms with van der Waals surface area (Å²) in [5.41, 5.74) is 0.974. The van der Waals surface area contributed by atoms with E-state index in [0.717, 1.165) is 35.2 Å². The monoisotopic (exact) mass is 306 g/mol.